The van der Waals surface area contributed by atoms with E-state index in [2.05, 4.69) is 25.4 Å². The number of aryl methyl sites for hydroxylation is 2. The van der Waals surface area contributed by atoms with Crippen molar-refractivity contribution in [3.05, 3.63) is 23.9 Å². The maximum Gasteiger partial charge on any atom is 0.318 e. The van der Waals surface area contributed by atoms with Crippen LogP contribution in [0.25, 0.3) is 0 Å². The van der Waals surface area contributed by atoms with Gasteiger partial charge in [-0.25, -0.2) is 9.97 Å². The molecule has 0 aromatic carbocycles. The lowest BCUT2D eigenvalue weighted by molar-refractivity contribution is 0.379. The van der Waals surface area contributed by atoms with Gasteiger partial charge in [0.1, 0.15) is 12.1 Å². The molecule has 0 atom stereocenters. The van der Waals surface area contributed by atoms with Gasteiger partial charge in [-0.15, -0.1) is 0 Å². The lowest BCUT2D eigenvalue weighted by atomic mass is 10.4. The predicted molar refractivity (Wildman–Crippen MR) is 61.7 cm³/mol. The van der Waals surface area contributed by atoms with Gasteiger partial charge in [-0.05, 0) is 6.92 Å². The van der Waals surface area contributed by atoms with Crippen LogP contribution in [-0.4, -0.2) is 31.8 Å². The molecule has 0 aliphatic rings. The van der Waals surface area contributed by atoms with Crippen LogP contribution in [0.15, 0.2) is 12.4 Å². The minimum atomic E-state index is 0.349. The average Bonchev–Trinajstić information content (AvgIpc) is 2.72. The number of aromatic nitrogens is 5. The topological polar surface area (TPSA) is 77.8 Å². The normalized spacial score (nSPS) is 10.3. The number of rotatable bonds is 4. The molecule has 0 saturated carbocycles. The molecule has 0 unspecified atom stereocenters. The lowest BCUT2D eigenvalue weighted by Crippen LogP contribution is -2.05. The molecule has 0 amide bonds. The molecule has 7 heteroatoms. The number of anilines is 1. The number of nitrogens with zero attached hydrogens (tertiary/aromatic N) is 5. The first-order valence-electron chi connectivity index (χ1n) is 5.15. The highest BCUT2D eigenvalue weighted by molar-refractivity contribution is 5.36. The third kappa shape index (κ3) is 2.90. The Hall–Kier alpha value is -2.18. The van der Waals surface area contributed by atoms with E-state index in [1.807, 2.05) is 20.0 Å². The van der Waals surface area contributed by atoms with Gasteiger partial charge in [0.2, 0.25) is 0 Å². The first kappa shape index (κ1) is 11.3. The van der Waals surface area contributed by atoms with Crippen LogP contribution in [0.4, 0.5) is 5.82 Å². The molecule has 0 spiro atoms. The van der Waals surface area contributed by atoms with Crippen LogP contribution in [0.1, 0.15) is 11.5 Å². The van der Waals surface area contributed by atoms with E-state index >= 15 is 0 Å². The number of hydrogen-bond acceptors (Lipinski definition) is 6. The van der Waals surface area contributed by atoms with Gasteiger partial charge >= 0.3 is 6.01 Å². The van der Waals surface area contributed by atoms with Crippen molar-refractivity contribution in [2.24, 2.45) is 7.05 Å². The van der Waals surface area contributed by atoms with Gasteiger partial charge in [-0.2, -0.15) is 10.1 Å². The van der Waals surface area contributed by atoms with Crippen molar-refractivity contribution < 1.29 is 4.74 Å². The van der Waals surface area contributed by atoms with Crippen molar-refractivity contribution >= 4 is 5.82 Å². The highest BCUT2D eigenvalue weighted by Crippen LogP contribution is 2.11. The summed E-state index contributed by atoms with van der Waals surface area (Å²) in [5.74, 6) is 1.41. The van der Waals surface area contributed by atoms with E-state index in [9.17, 15) is 0 Å². The van der Waals surface area contributed by atoms with Gasteiger partial charge in [-0.3, -0.25) is 4.68 Å². The molecule has 90 valence electrons. The smallest absolute Gasteiger partial charge is 0.318 e. The molecule has 0 aliphatic carbocycles. The highest BCUT2D eigenvalue weighted by Gasteiger charge is 2.03. The summed E-state index contributed by atoms with van der Waals surface area (Å²) < 4.78 is 6.65. The molecule has 0 bridgehead atoms. The van der Waals surface area contributed by atoms with Gasteiger partial charge in [0.25, 0.3) is 0 Å². The van der Waals surface area contributed by atoms with E-state index in [1.54, 1.807) is 18.1 Å². The molecule has 2 aromatic heterocycles. The van der Waals surface area contributed by atoms with E-state index in [1.165, 1.54) is 0 Å². The minimum Gasteiger partial charge on any atom is -0.467 e. The maximum atomic E-state index is 4.99. The second kappa shape index (κ2) is 4.77. The first-order chi connectivity index (χ1) is 8.17. The monoisotopic (exact) mass is 234 g/mol. The Morgan fingerprint density at radius 1 is 1.41 bits per heavy atom. The Morgan fingerprint density at radius 2 is 2.24 bits per heavy atom. The largest absolute Gasteiger partial charge is 0.467 e. The standard InChI is InChI=1S/C10H14N6O/c1-7-4-8(14-10(13-7)17-3)11-5-9-12-6-16(2)15-9/h4,6H,5H2,1-3H3,(H,11,13,14). The van der Waals surface area contributed by atoms with Crippen LogP contribution < -0.4 is 10.1 Å². The van der Waals surface area contributed by atoms with E-state index < -0.39 is 0 Å². The van der Waals surface area contributed by atoms with Gasteiger partial charge < -0.3 is 10.1 Å². The summed E-state index contributed by atoms with van der Waals surface area (Å²) in [6.07, 6.45) is 1.66. The fraction of sp³-hybridized carbons (Fsp3) is 0.400. The van der Waals surface area contributed by atoms with Crippen LogP contribution in [0.5, 0.6) is 6.01 Å². The van der Waals surface area contributed by atoms with Crippen molar-refractivity contribution in [3.8, 4) is 6.01 Å². The van der Waals surface area contributed by atoms with Gasteiger partial charge in [0.15, 0.2) is 5.82 Å². The molecular formula is C10H14N6O. The third-order valence-corrected chi connectivity index (χ3v) is 2.09. The Kier molecular flexibility index (Phi) is 3.17. The summed E-state index contributed by atoms with van der Waals surface area (Å²) in [6, 6.07) is 2.19. The molecule has 2 heterocycles. The molecular weight excluding hydrogens is 220 g/mol. The van der Waals surface area contributed by atoms with Gasteiger partial charge in [0.05, 0.1) is 13.7 Å². The molecule has 1 N–H and O–H groups in total. The van der Waals surface area contributed by atoms with Crippen molar-refractivity contribution in [1.82, 2.24) is 24.7 Å². The van der Waals surface area contributed by atoms with Crippen molar-refractivity contribution in [3.63, 3.8) is 0 Å². The van der Waals surface area contributed by atoms with Crippen LogP contribution in [0, 0.1) is 6.92 Å². The van der Waals surface area contributed by atoms with E-state index in [0.717, 1.165) is 5.69 Å². The SMILES string of the molecule is COc1nc(C)cc(NCc2ncn(C)n2)n1. The quantitative estimate of drug-likeness (QED) is 0.831. The maximum absolute atomic E-state index is 4.99. The Labute approximate surface area is 98.9 Å². The lowest BCUT2D eigenvalue weighted by Gasteiger charge is -2.05. The fourth-order valence-corrected chi connectivity index (χ4v) is 1.36. The Balaban J connectivity index is 2.05. The third-order valence-electron chi connectivity index (χ3n) is 2.09. The Morgan fingerprint density at radius 3 is 2.88 bits per heavy atom. The van der Waals surface area contributed by atoms with Crippen LogP contribution in [-0.2, 0) is 13.6 Å². The molecule has 7 nitrogen and oxygen atoms in total. The van der Waals surface area contributed by atoms with Crippen molar-refractivity contribution in [1.29, 1.82) is 0 Å². The summed E-state index contributed by atoms with van der Waals surface area (Å²) in [6.45, 7) is 2.40. The zero-order chi connectivity index (χ0) is 12.3. The molecule has 17 heavy (non-hydrogen) atoms. The number of methoxy groups -OCH3 is 1. The zero-order valence-electron chi connectivity index (χ0n) is 10.0. The van der Waals surface area contributed by atoms with E-state index in [4.69, 9.17) is 4.74 Å². The summed E-state index contributed by atoms with van der Waals surface area (Å²) in [5.41, 5.74) is 0.841. The van der Waals surface area contributed by atoms with E-state index in [-0.39, 0.29) is 0 Å². The van der Waals surface area contributed by atoms with Gasteiger partial charge in [-0.1, -0.05) is 0 Å². The average molecular weight is 234 g/mol. The van der Waals surface area contributed by atoms with Crippen molar-refractivity contribution in [2.75, 3.05) is 12.4 Å². The number of nitrogens with one attached hydrogen (secondary N) is 1. The van der Waals surface area contributed by atoms with Crippen molar-refractivity contribution in [2.45, 2.75) is 13.5 Å². The summed E-state index contributed by atoms with van der Waals surface area (Å²) in [7, 11) is 3.37. The predicted octanol–water partition coefficient (Wildman–Crippen LogP) is 0.534. The number of hydrogen-bond donors (Lipinski definition) is 1. The summed E-state index contributed by atoms with van der Waals surface area (Å²) in [4.78, 5) is 12.4. The molecule has 0 radical (unpaired) electrons. The van der Waals surface area contributed by atoms with Crippen LogP contribution in [0.2, 0.25) is 0 Å². The molecule has 2 aromatic rings. The van der Waals surface area contributed by atoms with Crippen LogP contribution >= 0.6 is 0 Å². The highest BCUT2D eigenvalue weighted by atomic mass is 16.5. The molecule has 0 aliphatic heterocycles. The molecule has 2 rings (SSSR count). The molecule has 0 saturated heterocycles. The van der Waals surface area contributed by atoms with Gasteiger partial charge in [0, 0.05) is 18.8 Å². The Bertz CT molecular complexity index is 509. The zero-order valence-corrected chi connectivity index (χ0v) is 10.0. The van der Waals surface area contributed by atoms with E-state index in [0.29, 0.717) is 24.2 Å². The van der Waals surface area contributed by atoms with Crippen LogP contribution in [0.3, 0.4) is 0 Å². The molecule has 0 fully saturated rings. The second-order valence-corrected chi connectivity index (χ2v) is 3.57. The number of ether oxygens (including phenoxy) is 1. The summed E-state index contributed by atoms with van der Waals surface area (Å²) in [5, 5.41) is 7.28. The second-order valence-electron chi connectivity index (χ2n) is 3.57. The summed E-state index contributed by atoms with van der Waals surface area (Å²) >= 11 is 0. The fourth-order valence-electron chi connectivity index (χ4n) is 1.36. The first-order valence-corrected chi connectivity index (χ1v) is 5.15. The minimum absolute atomic E-state index is 0.349.